The summed E-state index contributed by atoms with van der Waals surface area (Å²) in [6.07, 6.45) is 0. The van der Waals surface area contributed by atoms with Gasteiger partial charge in [-0.05, 0) is 18.2 Å². The van der Waals surface area contributed by atoms with Crippen LogP contribution in [0.3, 0.4) is 0 Å². The van der Waals surface area contributed by atoms with Gasteiger partial charge in [-0.2, -0.15) is 0 Å². The third-order valence-corrected chi connectivity index (χ3v) is 2.76. The third-order valence-electron chi connectivity index (χ3n) is 2.76. The molecule has 5 nitrogen and oxygen atoms in total. The van der Waals surface area contributed by atoms with Crippen molar-refractivity contribution in [3.05, 3.63) is 64.0 Å². The molecule has 0 unspecified atom stereocenters. The van der Waals surface area contributed by atoms with Gasteiger partial charge in [0.2, 0.25) is 0 Å². The molecule has 0 bridgehead atoms. The first-order valence-electron chi connectivity index (χ1n) is 5.93. The molecule has 0 saturated heterocycles. The van der Waals surface area contributed by atoms with Crippen molar-refractivity contribution in [3.8, 4) is 5.75 Å². The van der Waals surface area contributed by atoms with Crippen molar-refractivity contribution in [2.24, 2.45) is 0 Å². The molecule has 0 spiro atoms. The summed E-state index contributed by atoms with van der Waals surface area (Å²) in [7, 11) is 1.72. The fraction of sp³-hybridized carbons (Fsp3) is 0.143. The fourth-order valence-corrected chi connectivity index (χ4v) is 1.77. The average molecular weight is 276 g/mol. The molecule has 104 valence electrons. The van der Waals surface area contributed by atoms with E-state index in [1.165, 1.54) is 30.3 Å². The van der Waals surface area contributed by atoms with Gasteiger partial charge in [0.15, 0.2) is 0 Å². The van der Waals surface area contributed by atoms with Gasteiger partial charge >= 0.3 is 0 Å². The van der Waals surface area contributed by atoms with Gasteiger partial charge in [-0.1, -0.05) is 6.07 Å². The van der Waals surface area contributed by atoms with Crippen LogP contribution in [0.25, 0.3) is 0 Å². The van der Waals surface area contributed by atoms with Crippen LogP contribution >= 0.6 is 0 Å². The van der Waals surface area contributed by atoms with E-state index < -0.39 is 10.7 Å². The van der Waals surface area contributed by atoms with E-state index in [2.05, 4.69) is 5.32 Å². The van der Waals surface area contributed by atoms with Crippen LogP contribution in [-0.4, -0.2) is 12.0 Å². The second-order valence-corrected chi connectivity index (χ2v) is 4.09. The largest absolute Gasteiger partial charge is 0.489 e. The predicted molar refractivity (Wildman–Crippen MR) is 73.4 cm³/mol. The molecule has 2 aromatic carbocycles. The molecule has 0 fully saturated rings. The lowest BCUT2D eigenvalue weighted by Gasteiger charge is -2.10. The van der Waals surface area contributed by atoms with E-state index >= 15 is 0 Å². The van der Waals surface area contributed by atoms with E-state index in [0.29, 0.717) is 11.3 Å². The quantitative estimate of drug-likeness (QED) is 0.671. The van der Waals surface area contributed by atoms with Gasteiger partial charge in [-0.25, -0.2) is 4.39 Å². The molecule has 1 N–H and O–H groups in total. The smallest absolute Gasteiger partial charge is 0.269 e. The molecule has 0 aromatic heterocycles. The van der Waals surface area contributed by atoms with Crippen LogP contribution in [-0.2, 0) is 6.61 Å². The highest BCUT2D eigenvalue weighted by Crippen LogP contribution is 2.23. The minimum absolute atomic E-state index is 0.0122. The zero-order chi connectivity index (χ0) is 14.5. The van der Waals surface area contributed by atoms with Gasteiger partial charge in [0.1, 0.15) is 18.2 Å². The predicted octanol–water partition coefficient (Wildman–Crippen LogP) is 3.35. The number of ether oxygens (including phenoxy) is 1. The van der Waals surface area contributed by atoms with E-state index in [1.807, 2.05) is 0 Å². The standard InChI is InChI=1S/C14H13FN2O3/c1-16-14-6-5-12(17(18)19)7-10(14)9-20-13-4-2-3-11(15)8-13/h2-8,16H,9H2,1H3. The van der Waals surface area contributed by atoms with Crippen LogP contribution in [0, 0.1) is 15.9 Å². The highest BCUT2D eigenvalue weighted by molar-refractivity contribution is 5.55. The molecule has 0 aliphatic heterocycles. The molecule has 6 heteroatoms. The summed E-state index contributed by atoms with van der Waals surface area (Å²) in [6, 6.07) is 10.2. The minimum atomic E-state index is -0.467. The lowest BCUT2D eigenvalue weighted by Crippen LogP contribution is -2.02. The molecule has 0 aliphatic rings. The molecule has 0 heterocycles. The Kier molecular flexibility index (Phi) is 4.14. The van der Waals surface area contributed by atoms with Crippen molar-refractivity contribution in [1.29, 1.82) is 0 Å². The Bertz CT molecular complexity index is 632. The highest BCUT2D eigenvalue weighted by atomic mass is 19.1. The number of benzene rings is 2. The number of nitrogens with one attached hydrogen (secondary N) is 1. The second kappa shape index (κ2) is 6.01. The topological polar surface area (TPSA) is 64.4 Å². The molecule has 0 atom stereocenters. The first kappa shape index (κ1) is 13.8. The first-order valence-corrected chi connectivity index (χ1v) is 5.93. The normalized spacial score (nSPS) is 10.1. The van der Waals surface area contributed by atoms with Crippen molar-refractivity contribution in [2.75, 3.05) is 12.4 Å². The lowest BCUT2D eigenvalue weighted by molar-refractivity contribution is -0.384. The highest BCUT2D eigenvalue weighted by Gasteiger charge is 2.10. The van der Waals surface area contributed by atoms with Gasteiger partial charge in [0, 0.05) is 36.5 Å². The molecular formula is C14H13FN2O3. The van der Waals surface area contributed by atoms with Crippen molar-refractivity contribution in [2.45, 2.75) is 6.61 Å². The lowest BCUT2D eigenvalue weighted by atomic mass is 10.1. The maximum absolute atomic E-state index is 13.0. The Morgan fingerprint density at radius 3 is 2.75 bits per heavy atom. The molecular weight excluding hydrogens is 263 g/mol. The van der Waals surface area contributed by atoms with Crippen LogP contribution in [0.4, 0.5) is 15.8 Å². The number of nitro benzene ring substituents is 1. The zero-order valence-corrected chi connectivity index (χ0v) is 10.8. The summed E-state index contributed by atoms with van der Waals surface area (Å²) < 4.78 is 18.5. The Labute approximate surface area is 115 Å². The number of nitro groups is 1. The number of rotatable bonds is 5. The van der Waals surface area contributed by atoms with Crippen LogP contribution in [0.15, 0.2) is 42.5 Å². The summed E-state index contributed by atoms with van der Waals surface area (Å²) in [4.78, 5) is 10.3. The molecule has 0 aliphatic carbocycles. The first-order chi connectivity index (χ1) is 9.60. The Morgan fingerprint density at radius 1 is 1.30 bits per heavy atom. The third kappa shape index (κ3) is 3.23. The van der Waals surface area contributed by atoms with Crippen LogP contribution in [0.1, 0.15) is 5.56 Å². The van der Waals surface area contributed by atoms with Crippen LogP contribution in [0.5, 0.6) is 5.75 Å². The minimum Gasteiger partial charge on any atom is -0.489 e. The molecule has 0 saturated carbocycles. The second-order valence-electron chi connectivity index (χ2n) is 4.09. The fourth-order valence-electron chi connectivity index (χ4n) is 1.77. The number of non-ortho nitro benzene ring substituents is 1. The molecule has 2 aromatic rings. The van der Waals surface area contributed by atoms with E-state index in [9.17, 15) is 14.5 Å². The van der Waals surface area contributed by atoms with Gasteiger partial charge < -0.3 is 10.1 Å². The number of anilines is 1. The molecule has 2 rings (SSSR count). The molecule has 0 amide bonds. The Hall–Kier alpha value is -2.63. The van der Waals surface area contributed by atoms with Gasteiger partial charge in [-0.3, -0.25) is 10.1 Å². The van der Waals surface area contributed by atoms with E-state index in [4.69, 9.17) is 4.74 Å². The number of nitrogens with zero attached hydrogens (tertiary/aromatic N) is 1. The van der Waals surface area contributed by atoms with Crippen molar-refractivity contribution in [1.82, 2.24) is 0 Å². The van der Waals surface area contributed by atoms with E-state index in [-0.39, 0.29) is 12.3 Å². The van der Waals surface area contributed by atoms with Gasteiger partial charge in [0.05, 0.1) is 4.92 Å². The van der Waals surface area contributed by atoms with Crippen LogP contribution in [0.2, 0.25) is 0 Å². The Balaban J connectivity index is 2.19. The average Bonchev–Trinajstić information content (AvgIpc) is 2.44. The summed E-state index contributed by atoms with van der Waals surface area (Å²) in [5, 5.41) is 13.7. The van der Waals surface area contributed by atoms with Crippen LogP contribution < -0.4 is 10.1 Å². The Morgan fingerprint density at radius 2 is 2.10 bits per heavy atom. The number of hydrogen-bond acceptors (Lipinski definition) is 4. The number of hydrogen-bond donors (Lipinski definition) is 1. The van der Waals surface area contributed by atoms with Crippen molar-refractivity contribution >= 4 is 11.4 Å². The summed E-state index contributed by atoms with van der Waals surface area (Å²) in [5.74, 6) is -0.0195. The summed E-state index contributed by atoms with van der Waals surface area (Å²) in [6.45, 7) is 0.112. The number of halogens is 1. The van der Waals surface area contributed by atoms with E-state index in [0.717, 1.165) is 5.69 Å². The molecule has 0 radical (unpaired) electrons. The maximum atomic E-state index is 13.0. The molecule has 20 heavy (non-hydrogen) atoms. The summed E-state index contributed by atoms with van der Waals surface area (Å²) >= 11 is 0. The SMILES string of the molecule is CNc1ccc([N+](=O)[O-])cc1COc1cccc(F)c1. The summed E-state index contributed by atoms with van der Waals surface area (Å²) in [5.41, 5.74) is 1.35. The van der Waals surface area contributed by atoms with Gasteiger partial charge in [0.25, 0.3) is 5.69 Å². The maximum Gasteiger partial charge on any atom is 0.269 e. The zero-order valence-electron chi connectivity index (χ0n) is 10.8. The van der Waals surface area contributed by atoms with Crippen molar-refractivity contribution in [3.63, 3.8) is 0 Å². The monoisotopic (exact) mass is 276 g/mol. The van der Waals surface area contributed by atoms with E-state index in [1.54, 1.807) is 19.2 Å². The van der Waals surface area contributed by atoms with Gasteiger partial charge in [-0.15, -0.1) is 0 Å². The van der Waals surface area contributed by atoms with Crippen molar-refractivity contribution < 1.29 is 14.1 Å².